The second-order valence-corrected chi connectivity index (χ2v) is 3.31. The SMILES string of the molecule is C=CCN1CCOc2cc(N)ccc21. The van der Waals surface area contributed by atoms with Crippen LogP contribution in [0.15, 0.2) is 30.9 Å². The molecule has 1 heterocycles. The van der Waals surface area contributed by atoms with Gasteiger partial charge in [-0.2, -0.15) is 0 Å². The summed E-state index contributed by atoms with van der Waals surface area (Å²) in [5, 5.41) is 0. The van der Waals surface area contributed by atoms with E-state index in [2.05, 4.69) is 11.5 Å². The second kappa shape index (κ2) is 3.62. The van der Waals surface area contributed by atoms with Gasteiger partial charge in [0.25, 0.3) is 0 Å². The van der Waals surface area contributed by atoms with Crippen molar-refractivity contribution in [3.8, 4) is 5.75 Å². The number of anilines is 2. The highest BCUT2D eigenvalue weighted by Crippen LogP contribution is 2.32. The topological polar surface area (TPSA) is 38.5 Å². The quantitative estimate of drug-likeness (QED) is 0.569. The molecule has 0 saturated heterocycles. The van der Waals surface area contributed by atoms with Crippen LogP contribution in [0.2, 0.25) is 0 Å². The Morgan fingerprint density at radius 3 is 3.21 bits per heavy atom. The Kier molecular flexibility index (Phi) is 2.31. The average Bonchev–Trinajstić information content (AvgIpc) is 2.18. The Morgan fingerprint density at radius 2 is 2.43 bits per heavy atom. The number of ether oxygens (including phenoxy) is 1. The molecule has 0 amide bonds. The van der Waals surface area contributed by atoms with Crippen LogP contribution in [-0.4, -0.2) is 19.7 Å². The fourth-order valence-electron chi connectivity index (χ4n) is 1.64. The van der Waals surface area contributed by atoms with Gasteiger partial charge in [0.15, 0.2) is 0 Å². The van der Waals surface area contributed by atoms with Crippen LogP contribution in [0.25, 0.3) is 0 Å². The van der Waals surface area contributed by atoms with Crippen molar-refractivity contribution in [2.45, 2.75) is 0 Å². The molecular formula is C11H14N2O. The predicted octanol–water partition coefficient (Wildman–Crippen LogP) is 1.65. The van der Waals surface area contributed by atoms with Crippen LogP contribution in [0.4, 0.5) is 11.4 Å². The first-order valence-corrected chi connectivity index (χ1v) is 4.69. The number of nitrogens with two attached hydrogens (primary N) is 1. The molecule has 2 N–H and O–H groups in total. The Bertz CT molecular complexity index is 349. The highest BCUT2D eigenvalue weighted by Gasteiger charge is 2.16. The monoisotopic (exact) mass is 190 g/mol. The van der Waals surface area contributed by atoms with Gasteiger partial charge in [0.05, 0.1) is 12.2 Å². The van der Waals surface area contributed by atoms with Gasteiger partial charge in [-0.15, -0.1) is 6.58 Å². The molecule has 1 aliphatic heterocycles. The first kappa shape index (κ1) is 8.94. The maximum atomic E-state index is 5.68. The maximum absolute atomic E-state index is 5.68. The summed E-state index contributed by atoms with van der Waals surface area (Å²) >= 11 is 0. The standard InChI is InChI=1S/C11H14N2O/c1-2-5-13-6-7-14-11-8-9(12)3-4-10(11)13/h2-4,8H,1,5-7,12H2. The predicted molar refractivity (Wildman–Crippen MR) is 58.8 cm³/mol. The molecule has 0 fully saturated rings. The van der Waals surface area contributed by atoms with E-state index in [0.717, 1.165) is 30.2 Å². The van der Waals surface area contributed by atoms with Gasteiger partial charge in [0.2, 0.25) is 0 Å². The zero-order chi connectivity index (χ0) is 9.97. The average molecular weight is 190 g/mol. The molecule has 0 aliphatic carbocycles. The Hall–Kier alpha value is -1.64. The molecule has 1 aromatic rings. The molecule has 1 aromatic carbocycles. The first-order chi connectivity index (χ1) is 6.81. The minimum Gasteiger partial charge on any atom is -0.489 e. The third-order valence-corrected chi connectivity index (χ3v) is 2.29. The number of nitrogen functional groups attached to an aromatic ring is 1. The summed E-state index contributed by atoms with van der Waals surface area (Å²) in [5.74, 6) is 0.873. The molecule has 3 nitrogen and oxygen atoms in total. The number of nitrogens with zero attached hydrogens (tertiary/aromatic N) is 1. The minimum absolute atomic E-state index is 0.713. The Balaban J connectivity index is 2.34. The summed E-state index contributed by atoms with van der Waals surface area (Å²) in [7, 11) is 0. The van der Waals surface area contributed by atoms with E-state index in [-0.39, 0.29) is 0 Å². The lowest BCUT2D eigenvalue weighted by Crippen LogP contribution is -2.32. The van der Waals surface area contributed by atoms with E-state index in [9.17, 15) is 0 Å². The van der Waals surface area contributed by atoms with Crippen molar-refractivity contribution < 1.29 is 4.74 Å². The third-order valence-electron chi connectivity index (χ3n) is 2.29. The molecular weight excluding hydrogens is 176 g/mol. The Labute approximate surface area is 83.8 Å². The van der Waals surface area contributed by atoms with Crippen LogP contribution in [-0.2, 0) is 0 Å². The molecule has 14 heavy (non-hydrogen) atoms. The zero-order valence-electron chi connectivity index (χ0n) is 8.07. The Morgan fingerprint density at radius 1 is 1.57 bits per heavy atom. The van der Waals surface area contributed by atoms with Crippen LogP contribution in [0, 0.1) is 0 Å². The lowest BCUT2D eigenvalue weighted by molar-refractivity contribution is 0.309. The van der Waals surface area contributed by atoms with E-state index in [1.54, 1.807) is 0 Å². The van der Waals surface area contributed by atoms with Crippen LogP contribution in [0.1, 0.15) is 0 Å². The van der Waals surface area contributed by atoms with Gasteiger partial charge in [-0.25, -0.2) is 0 Å². The van der Waals surface area contributed by atoms with Gasteiger partial charge in [0.1, 0.15) is 12.4 Å². The van der Waals surface area contributed by atoms with E-state index in [0.29, 0.717) is 6.61 Å². The zero-order valence-corrected chi connectivity index (χ0v) is 8.07. The smallest absolute Gasteiger partial charge is 0.144 e. The van der Waals surface area contributed by atoms with E-state index >= 15 is 0 Å². The number of benzene rings is 1. The summed E-state index contributed by atoms with van der Waals surface area (Å²) in [4.78, 5) is 2.23. The van der Waals surface area contributed by atoms with Gasteiger partial charge in [-0.05, 0) is 12.1 Å². The number of hydrogen-bond acceptors (Lipinski definition) is 3. The van der Waals surface area contributed by atoms with Crippen molar-refractivity contribution in [1.29, 1.82) is 0 Å². The van der Waals surface area contributed by atoms with Gasteiger partial charge in [-0.3, -0.25) is 0 Å². The van der Waals surface area contributed by atoms with Crippen LogP contribution < -0.4 is 15.4 Å². The van der Waals surface area contributed by atoms with E-state index in [4.69, 9.17) is 10.5 Å². The van der Waals surface area contributed by atoms with E-state index in [1.165, 1.54) is 0 Å². The van der Waals surface area contributed by atoms with Crippen LogP contribution >= 0.6 is 0 Å². The van der Waals surface area contributed by atoms with Gasteiger partial charge < -0.3 is 15.4 Å². The summed E-state index contributed by atoms with van der Waals surface area (Å²) in [6.07, 6.45) is 1.89. The highest BCUT2D eigenvalue weighted by atomic mass is 16.5. The third kappa shape index (κ3) is 1.53. The van der Waals surface area contributed by atoms with E-state index in [1.807, 2.05) is 24.3 Å². The normalized spacial score (nSPS) is 14.4. The molecule has 0 radical (unpaired) electrons. The summed E-state index contributed by atoms with van der Waals surface area (Å²) in [6.45, 7) is 6.20. The maximum Gasteiger partial charge on any atom is 0.144 e. The summed E-state index contributed by atoms with van der Waals surface area (Å²) in [5.41, 5.74) is 7.52. The fraction of sp³-hybridized carbons (Fsp3) is 0.273. The molecule has 74 valence electrons. The minimum atomic E-state index is 0.713. The van der Waals surface area contributed by atoms with Crippen molar-refractivity contribution in [1.82, 2.24) is 0 Å². The first-order valence-electron chi connectivity index (χ1n) is 4.69. The molecule has 1 aliphatic rings. The molecule has 0 spiro atoms. The van der Waals surface area contributed by atoms with E-state index < -0.39 is 0 Å². The van der Waals surface area contributed by atoms with Crippen LogP contribution in [0.5, 0.6) is 5.75 Å². The molecule has 2 rings (SSSR count). The number of fused-ring (bicyclic) bond motifs is 1. The molecule has 0 unspecified atom stereocenters. The van der Waals surface area contributed by atoms with Gasteiger partial charge >= 0.3 is 0 Å². The largest absolute Gasteiger partial charge is 0.489 e. The van der Waals surface area contributed by atoms with Crippen molar-refractivity contribution in [2.24, 2.45) is 0 Å². The van der Waals surface area contributed by atoms with Crippen LogP contribution in [0.3, 0.4) is 0 Å². The van der Waals surface area contributed by atoms with Gasteiger partial charge in [0, 0.05) is 18.3 Å². The fourth-order valence-corrected chi connectivity index (χ4v) is 1.64. The molecule has 0 saturated carbocycles. The van der Waals surface area contributed by atoms with Crippen molar-refractivity contribution in [3.05, 3.63) is 30.9 Å². The van der Waals surface area contributed by atoms with Gasteiger partial charge in [-0.1, -0.05) is 6.08 Å². The van der Waals surface area contributed by atoms with Crippen molar-refractivity contribution in [3.63, 3.8) is 0 Å². The molecule has 0 bridgehead atoms. The summed E-state index contributed by atoms with van der Waals surface area (Å²) in [6, 6.07) is 5.75. The number of rotatable bonds is 2. The lowest BCUT2D eigenvalue weighted by atomic mass is 10.2. The highest BCUT2D eigenvalue weighted by molar-refractivity contribution is 5.65. The lowest BCUT2D eigenvalue weighted by Gasteiger charge is -2.30. The molecule has 0 atom stereocenters. The summed E-state index contributed by atoms with van der Waals surface area (Å²) < 4.78 is 5.52. The van der Waals surface area contributed by atoms with Crippen molar-refractivity contribution in [2.75, 3.05) is 30.3 Å². The molecule has 3 heteroatoms. The number of hydrogen-bond donors (Lipinski definition) is 1. The second-order valence-electron chi connectivity index (χ2n) is 3.31. The molecule has 0 aromatic heterocycles. The van der Waals surface area contributed by atoms with Crippen molar-refractivity contribution >= 4 is 11.4 Å².